The summed E-state index contributed by atoms with van der Waals surface area (Å²) in [4.78, 5) is 13.1. The van der Waals surface area contributed by atoms with Crippen LogP contribution in [0.1, 0.15) is 37.4 Å². The molecule has 1 atom stereocenters. The molecule has 0 saturated carbocycles. The maximum absolute atomic E-state index is 11.5. The van der Waals surface area contributed by atoms with E-state index in [9.17, 15) is 4.79 Å². The minimum Gasteiger partial charge on any atom is -0.493 e. The number of hydrogen-bond donors (Lipinski definition) is 1. The number of carbonyl (C=O) groups is 1. The van der Waals surface area contributed by atoms with E-state index in [1.54, 1.807) is 19.0 Å². The van der Waals surface area contributed by atoms with Crippen LogP contribution in [0.15, 0.2) is 18.2 Å². The number of hydrogen-bond acceptors (Lipinski definition) is 3. The van der Waals surface area contributed by atoms with E-state index in [4.69, 9.17) is 4.74 Å². The molecule has 1 unspecified atom stereocenters. The first kappa shape index (κ1) is 16.5. The molecular formula is C16H26N2O2. The predicted octanol–water partition coefficient (Wildman–Crippen LogP) is 2.52. The summed E-state index contributed by atoms with van der Waals surface area (Å²) in [6, 6.07) is 6.39. The van der Waals surface area contributed by atoms with Crippen LogP contribution in [-0.2, 0) is 4.79 Å². The number of nitrogens with one attached hydrogen (secondary N) is 1. The van der Waals surface area contributed by atoms with Crippen molar-refractivity contribution in [3.8, 4) is 5.75 Å². The molecule has 1 aromatic carbocycles. The molecular weight excluding hydrogens is 252 g/mol. The van der Waals surface area contributed by atoms with E-state index in [-0.39, 0.29) is 11.9 Å². The third kappa shape index (κ3) is 4.85. The minimum atomic E-state index is 0.0818. The topological polar surface area (TPSA) is 41.6 Å². The molecule has 4 heteroatoms. The van der Waals surface area contributed by atoms with Crippen LogP contribution < -0.4 is 10.1 Å². The molecule has 0 aromatic heterocycles. The van der Waals surface area contributed by atoms with Crippen molar-refractivity contribution in [2.24, 2.45) is 0 Å². The predicted molar refractivity (Wildman–Crippen MR) is 82.1 cm³/mol. The van der Waals surface area contributed by atoms with E-state index in [0.717, 1.165) is 17.9 Å². The second-order valence-electron chi connectivity index (χ2n) is 5.21. The van der Waals surface area contributed by atoms with E-state index >= 15 is 0 Å². The van der Waals surface area contributed by atoms with Crippen LogP contribution in [0.25, 0.3) is 0 Å². The Kier molecular flexibility index (Phi) is 6.52. The third-order valence-electron chi connectivity index (χ3n) is 3.21. The van der Waals surface area contributed by atoms with Gasteiger partial charge in [0.25, 0.3) is 0 Å². The second-order valence-corrected chi connectivity index (χ2v) is 5.21. The third-order valence-corrected chi connectivity index (χ3v) is 3.21. The zero-order valence-electron chi connectivity index (χ0n) is 13.2. The lowest BCUT2D eigenvalue weighted by atomic mass is 10.0. The molecule has 0 heterocycles. The Morgan fingerprint density at radius 2 is 2.10 bits per heavy atom. The summed E-state index contributed by atoms with van der Waals surface area (Å²) in [7, 11) is 3.51. The highest BCUT2D eigenvalue weighted by Gasteiger charge is 2.12. The average molecular weight is 278 g/mol. The van der Waals surface area contributed by atoms with Crippen molar-refractivity contribution in [1.82, 2.24) is 10.2 Å². The van der Waals surface area contributed by atoms with Crippen LogP contribution >= 0.6 is 0 Å². The van der Waals surface area contributed by atoms with Gasteiger partial charge in [0.15, 0.2) is 0 Å². The second kappa shape index (κ2) is 7.90. The summed E-state index contributed by atoms with van der Waals surface area (Å²) < 4.78 is 5.79. The zero-order valence-corrected chi connectivity index (χ0v) is 13.2. The normalized spacial score (nSPS) is 12.1. The first-order valence-electron chi connectivity index (χ1n) is 7.12. The van der Waals surface area contributed by atoms with Crippen LogP contribution in [0.4, 0.5) is 0 Å². The standard InChI is InChI=1S/C16H26N2O2/c1-6-17-13(3)14-11-12(2)7-8-15(14)20-10-9-16(19)18(4)5/h7-8,11,13,17H,6,9-10H2,1-5H3. The van der Waals surface area contributed by atoms with Gasteiger partial charge in [-0.05, 0) is 26.5 Å². The van der Waals surface area contributed by atoms with Crippen molar-refractivity contribution >= 4 is 5.91 Å². The van der Waals surface area contributed by atoms with Crippen molar-refractivity contribution in [3.63, 3.8) is 0 Å². The maximum Gasteiger partial charge on any atom is 0.225 e. The van der Waals surface area contributed by atoms with Gasteiger partial charge in [-0.15, -0.1) is 0 Å². The molecule has 1 amide bonds. The summed E-state index contributed by atoms with van der Waals surface area (Å²) in [5.41, 5.74) is 2.35. The lowest BCUT2D eigenvalue weighted by Gasteiger charge is -2.19. The molecule has 0 saturated heterocycles. The van der Waals surface area contributed by atoms with Gasteiger partial charge in [0.2, 0.25) is 5.91 Å². The summed E-state index contributed by atoms with van der Waals surface area (Å²) in [5.74, 6) is 0.939. The van der Waals surface area contributed by atoms with E-state index < -0.39 is 0 Å². The Morgan fingerprint density at radius 3 is 2.70 bits per heavy atom. The van der Waals surface area contributed by atoms with Crippen molar-refractivity contribution < 1.29 is 9.53 Å². The van der Waals surface area contributed by atoms with Gasteiger partial charge in [0, 0.05) is 25.7 Å². The van der Waals surface area contributed by atoms with Crippen molar-refractivity contribution in [2.75, 3.05) is 27.2 Å². The number of amides is 1. The lowest BCUT2D eigenvalue weighted by Crippen LogP contribution is -2.24. The SMILES string of the molecule is CCNC(C)c1cc(C)ccc1OCCC(=O)N(C)C. The van der Waals surface area contributed by atoms with E-state index in [1.165, 1.54) is 5.56 Å². The van der Waals surface area contributed by atoms with Crippen LogP contribution in [0.5, 0.6) is 5.75 Å². The first-order valence-corrected chi connectivity index (χ1v) is 7.12. The number of aryl methyl sites for hydroxylation is 1. The van der Waals surface area contributed by atoms with Gasteiger partial charge in [0.05, 0.1) is 13.0 Å². The van der Waals surface area contributed by atoms with Crippen LogP contribution in [0.3, 0.4) is 0 Å². The molecule has 1 N–H and O–H groups in total. The number of rotatable bonds is 7. The Balaban J connectivity index is 2.71. The quantitative estimate of drug-likeness (QED) is 0.833. The first-order chi connectivity index (χ1) is 9.45. The molecule has 0 radical (unpaired) electrons. The molecule has 20 heavy (non-hydrogen) atoms. The van der Waals surface area contributed by atoms with Crippen LogP contribution in [0.2, 0.25) is 0 Å². The smallest absolute Gasteiger partial charge is 0.225 e. The van der Waals surface area contributed by atoms with Crippen molar-refractivity contribution in [1.29, 1.82) is 0 Å². The highest BCUT2D eigenvalue weighted by molar-refractivity contribution is 5.75. The molecule has 1 aromatic rings. The molecule has 0 aliphatic rings. The Bertz CT molecular complexity index is 444. The summed E-state index contributed by atoms with van der Waals surface area (Å²) >= 11 is 0. The number of nitrogens with zero attached hydrogens (tertiary/aromatic N) is 1. The van der Waals surface area contributed by atoms with Crippen LogP contribution in [0, 0.1) is 6.92 Å². The van der Waals surface area contributed by atoms with Gasteiger partial charge in [-0.3, -0.25) is 4.79 Å². The molecule has 0 fully saturated rings. The molecule has 0 aliphatic heterocycles. The molecule has 1 rings (SSSR count). The fourth-order valence-electron chi connectivity index (χ4n) is 2.03. The van der Waals surface area contributed by atoms with Crippen LogP contribution in [-0.4, -0.2) is 38.1 Å². The summed E-state index contributed by atoms with van der Waals surface area (Å²) in [5, 5.41) is 3.39. The highest BCUT2D eigenvalue weighted by atomic mass is 16.5. The van der Waals surface area contributed by atoms with Gasteiger partial charge in [0.1, 0.15) is 5.75 Å². The molecule has 0 aliphatic carbocycles. The van der Waals surface area contributed by atoms with Gasteiger partial charge >= 0.3 is 0 Å². The Morgan fingerprint density at radius 1 is 1.40 bits per heavy atom. The monoisotopic (exact) mass is 278 g/mol. The van der Waals surface area contributed by atoms with Gasteiger partial charge < -0.3 is 15.0 Å². The average Bonchev–Trinajstić information content (AvgIpc) is 2.40. The zero-order chi connectivity index (χ0) is 15.1. The molecule has 112 valence electrons. The van der Waals surface area contributed by atoms with E-state index in [1.807, 2.05) is 12.1 Å². The summed E-state index contributed by atoms with van der Waals surface area (Å²) in [6.45, 7) is 7.60. The number of carbonyl (C=O) groups excluding carboxylic acids is 1. The fourth-order valence-corrected chi connectivity index (χ4v) is 2.03. The molecule has 0 spiro atoms. The fraction of sp³-hybridized carbons (Fsp3) is 0.562. The van der Waals surface area contributed by atoms with Crippen molar-refractivity contribution in [2.45, 2.75) is 33.2 Å². The van der Waals surface area contributed by atoms with E-state index in [0.29, 0.717) is 13.0 Å². The highest BCUT2D eigenvalue weighted by Crippen LogP contribution is 2.26. The lowest BCUT2D eigenvalue weighted by molar-refractivity contribution is -0.129. The Labute approximate surface area is 122 Å². The number of benzene rings is 1. The number of ether oxygens (including phenoxy) is 1. The molecule has 4 nitrogen and oxygen atoms in total. The van der Waals surface area contributed by atoms with Crippen molar-refractivity contribution in [3.05, 3.63) is 29.3 Å². The summed E-state index contributed by atoms with van der Waals surface area (Å²) in [6.07, 6.45) is 0.399. The largest absolute Gasteiger partial charge is 0.493 e. The van der Waals surface area contributed by atoms with E-state index in [2.05, 4.69) is 32.2 Å². The Hall–Kier alpha value is -1.55. The minimum absolute atomic E-state index is 0.0818. The van der Waals surface area contributed by atoms with Gasteiger partial charge in [-0.25, -0.2) is 0 Å². The maximum atomic E-state index is 11.5. The van der Waals surface area contributed by atoms with Gasteiger partial charge in [-0.2, -0.15) is 0 Å². The van der Waals surface area contributed by atoms with Gasteiger partial charge in [-0.1, -0.05) is 24.6 Å². The molecule has 0 bridgehead atoms.